The summed E-state index contributed by atoms with van der Waals surface area (Å²) in [6.07, 6.45) is 0. The van der Waals surface area contributed by atoms with E-state index < -0.39 is 8.07 Å². The van der Waals surface area contributed by atoms with Gasteiger partial charge in [-0.25, -0.2) is 0 Å². The molecule has 0 atom stereocenters. The van der Waals surface area contributed by atoms with Crippen molar-refractivity contribution < 1.29 is 0 Å². The van der Waals surface area contributed by atoms with Gasteiger partial charge in [-0.3, -0.25) is 0 Å². The van der Waals surface area contributed by atoms with Gasteiger partial charge < -0.3 is 4.90 Å². The van der Waals surface area contributed by atoms with E-state index >= 15 is 0 Å². The summed E-state index contributed by atoms with van der Waals surface area (Å²) < 4.78 is 0. The summed E-state index contributed by atoms with van der Waals surface area (Å²) in [6.45, 7) is 24.1. The van der Waals surface area contributed by atoms with Gasteiger partial charge in [0.15, 0.2) is 0 Å². The first-order valence-corrected chi connectivity index (χ1v) is 21.6. The molecule has 2 heteroatoms. The molecular formula is C49H51NSi. The van der Waals surface area contributed by atoms with Crippen molar-refractivity contribution in [1.29, 1.82) is 0 Å². The summed E-state index contributed by atoms with van der Waals surface area (Å²) in [5.74, 6) is 0. The minimum absolute atomic E-state index is 0.000275. The Kier molecular flexibility index (Phi) is 7.50. The van der Waals surface area contributed by atoms with Crippen LogP contribution in [-0.4, -0.2) is 8.07 Å². The van der Waals surface area contributed by atoms with Crippen molar-refractivity contribution in [2.75, 3.05) is 4.90 Å². The third-order valence-electron chi connectivity index (χ3n) is 11.7. The fourth-order valence-electron chi connectivity index (χ4n) is 9.00. The van der Waals surface area contributed by atoms with E-state index in [1.165, 1.54) is 83.1 Å². The molecule has 6 aromatic carbocycles. The van der Waals surface area contributed by atoms with Gasteiger partial charge in [-0.05, 0) is 107 Å². The minimum Gasteiger partial charge on any atom is -0.310 e. The fourth-order valence-corrected chi connectivity index (χ4v) is 12.1. The molecule has 0 radical (unpaired) electrons. The Hall–Kier alpha value is -4.66. The molecule has 0 amide bonds. The molecule has 256 valence electrons. The Labute approximate surface area is 307 Å². The average Bonchev–Trinajstić information content (AvgIpc) is 3.47. The second-order valence-corrected chi connectivity index (χ2v) is 22.3. The zero-order valence-electron chi connectivity index (χ0n) is 32.1. The predicted octanol–water partition coefficient (Wildman–Crippen LogP) is 12.5. The van der Waals surface area contributed by atoms with Gasteiger partial charge in [0, 0.05) is 16.8 Å². The lowest BCUT2D eigenvalue weighted by Crippen LogP contribution is -2.49. The number of rotatable bonds is 4. The van der Waals surface area contributed by atoms with Crippen LogP contribution in [0.25, 0.3) is 33.4 Å². The van der Waals surface area contributed by atoms with Gasteiger partial charge in [0.05, 0.1) is 5.69 Å². The molecule has 0 N–H and O–H groups in total. The van der Waals surface area contributed by atoms with Gasteiger partial charge in [0.2, 0.25) is 0 Å². The Bertz CT molecular complexity index is 2330. The van der Waals surface area contributed by atoms with E-state index in [4.69, 9.17) is 0 Å². The summed E-state index contributed by atoms with van der Waals surface area (Å²) >= 11 is 0. The molecule has 1 aliphatic heterocycles. The van der Waals surface area contributed by atoms with E-state index in [-0.39, 0.29) is 16.2 Å². The number of hydrogen-bond donors (Lipinski definition) is 0. The summed E-state index contributed by atoms with van der Waals surface area (Å²) in [6, 6.07) is 48.4. The summed E-state index contributed by atoms with van der Waals surface area (Å²) in [7, 11) is -1.90. The van der Waals surface area contributed by atoms with Crippen LogP contribution < -0.4 is 15.3 Å². The second kappa shape index (κ2) is 11.4. The first-order valence-electron chi connectivity index (χ1n) is 18.6. The topological polar surface area (TPSA) is 3.24 Å². The molecule has 0 aromatic heterocycles. The van der Waals surface area contributed by atoms with E-state index in [1.54, 1.807) is 0 Å². The molecule has 1 nitrogen and oxygen atoms in total. The molecular weight excluding hydrogens is 631 g/mol. The quantitative estimate of drug-likeness (QED) is 0.167. The zero-order chi connectivity index (χ0) is 36.1. The van der Waals surface area contributed by atoms with Crippen LogP contribution >= 0.6 is 0 Å². The summed E-state index contributed by atoms with van der Waals surface area (Å²) in [5, 5.41) is 3.06. The summed E-state index contributed by atoms with van der Waals surface area (Å²) in [5.41, 5.74) is 17.2. The van der Waals surface area contributed by atoms with Gasteiger partial charge >= 0.3 is 0 Å². The number of anilines is 3. The Morgan fingerprint density at radius 2 is 1.12 bits per heavy atom. The van der Waals surface area contributed by atoms with Crippen molar-refractivity contribution in [3.8, 4) is 33.4 Å². The van der Waals surface area contributed by atoms with Crippen LogP contribution in [0.5, 0.6) is 0 Å². The maximum absolute atomic E-state index is 2.56. The zero-order valence-corrected chi connectivity index (χ0v) is 33.1. The lowest BCUT2D eigenvalue weighted by molar-refractivity contribution is 0.545. The molecule has 0 unspecified atom stereocenters. The number of fused-ring (bicyclic) bond motifs is 6. The second-order valence-electron chi connectivity index (χ2n) is 17.9. The predicted molar refractivity (Wildman–Crippen MR) is 224 cm³/mol. The van der Waals surface area contributed by atoms with E-state index in [2.05, 4.69) is 201 Å². The molecule has 0 saturated heterocycles. The van der Waals surface area contributed by atoms with Crippen molar-refractivity contribution in [2.45, 2.75) is 84.7 Å². The van der Waals surface area contributed by atoms with Crippen LogP contribution in [0.4, 0.5) is 17.1 Å². The average molecular weight is 682 g/mol. The highest BCUT2D eigenvalue weighted by atomic mass is 28.3. The lowest BCUT2D eigenvalue weighted by Gasteiger charge is -2.35. The normalized spacial score (nSPS) is 15.2. The first kappa shape index (κ1) is 33.5. The van der Waals surface area contributed by atoms with E-state index in [9.17, 15) is 0 Å². The highest BCUT2D eigenvalue weighted by Gasteiger charge is 2.44. The molecule has 0 saturated carbocycles. The standard InChI is InChI=1S/C49H51NSi/c1-47(2,3)34-29-40-39-23-17-24-42(46(39)49(7,8)45(40)41(30-34)48(4,5)6)50(35-21-16-20-33(28-35)32-18-12-11-13-19-32)36-26-27-38-37-22-14-15-25-43(37)51(9,10)44(38)31-36/h11-31H,1-10H3. The van der Waals surface area contributed by atoms with Gasteiger partial charge in [-0.1, -0.05) is 166 Å². The first-order chi connectivity index (χ1) is 24.1. The third kappa shape index (κ3) is 5.25. The van der Waals surface area contributed by atoms with Crippen molar-refractivity contribution >= 4 is 35.5 Å². The van der Waals surface area contributed by atoms with Crippen LogP contribution in [0.2, 0.25) is 13.1 Å². The van der Waals surface area contributed by atoms with Crippen LogP contribution in [0.1, 0.15) is 77.6 Å². The molecule has 1 aliphatic carbocycles. The molecule has 2 aliphatic rings. The number of hydrogen-bond acceptors (Lipinski definition) is 1. The van der Waals surface area contributed by atoms with E-state index in [1.807, 2.05) is 0 Å². The maximum Gasteiger partial charge on any atom is 0.113 e. The molecule has 0 spiro atoms. The summed E-state index contributed by atoms with van der Waals surface area (Å²) in [4.78, 5) is 2.56. The van der Waals surface area contributed by atoms with E-state index in [0.717, 1.165) is 0 Å². The van der Waals surface area contributed by atoms with Gasteiger partial charge in [0.25, 0.3) is 0 Å². The number of benzene rings is 6. The van der Waals surface area contributed by atoms with Gasteiger partial charge in [-0.15, -0.1) is 0 Å². The fraction of sp³-hybridized carbons (Fsp3) is 0.265. The van der Waals surface area contributed by atoms with Crippen LogP contribution in [0.3, 0.4) is 0 Å². The molecule has 8 rings (SSSR count). The Morgan fingerprint density at radius 3 is 1.84 bits per heavy atom. The van der Waals surface area contributed by atoms with Crippen molar-refractivity contribution in [3.63, 3.8) is 0 Å². The number of nitrogens with zero attached hydrogens (tertiary/aromatic N) is 1. The molecule has 0 fully saturated rings. The van der Waals surface area contributed by atoms with Crippen LogP contribution in [0, 0.1) is 0 Å². The van der Waals surface area contributed by atoms with Crippen LogP contribution in [0.15, 0.2) is 127 Å². The molecule has 0 bridgehead atoms. The van der Waals surface area contributed by atoms with Gasteiger partial charge in [0.1, 0.15) is 8.07 Å². The van der Waals surface area contributed by atoms with Crippen LogP contribution in [-0.2, 0) is 16.2 Å². The third-order valence-corrected chi connectivity index (χ3v) is 15.2. The lowest BCUT2D eigenvalue weighted by atomic mass is 9.71. The Balaban J connectivity index is 1.40. The minimum atomic E-state index is -1.90. The monoisotopic (exact) mass is 681 g/mol. The van der Waals surface area contributed by atoms with Crippen molar-refractivity contribution in [1.82, 2.24) is 0 Å². The highest BCUT2D eigenvalue weighted by Crippen LogP contribution is 2.57. The molecule has 6 aromatic rings. The molecule has 1 heterocycles. The SMILES string of the molecule is CC(C)(C)c1cc2c(c(C(C)(C)C)c1)C(C)(C)c1c-2cccc1N(c1cccc(-c2ccccc2)c1)c1ccc2c(c1)[Si](C)(C)c1ccccc1-2. The largest absolute Gasteiger partial charge is 0.310 e. The Morgan fingerprint density at radius 1 is 0.490 bits per heavy atom. The smallest absolute Gasteiger partial charge is 0.113 e. The van der Waals surface area contributed by atoms with Crippen molar-refractivity contribution in [3.05, 3.63) is 150 Å². The molecule has 51 heavy (non-hydrogen) atoms. The van der Waals surface area contributed by atoms with E-state index in [0.29, 0.717) is 0 Å². The van der Waals surface area contributed by atoms with Crippen molar-refractivity contribution in [2.24, 2.45) is 0 Å². The maximum atomic E-state index is 2.56. The van der Waals surface area contributed by atoms with Gasteiger partial charge in [-0.2, -0.15) is 0 Å². The highest BCUT2D eigenvalue weighted by molar-refractivity contribution is 7.03.